The molecule has 0 aromatic heterocycles. The lowest BCUT2D eigenvalue weighted by Crippen LogP contribution is -2.36. The van der Waals surface area contributed by atoms with Gasteiger partial charge in [0.1, 0.15) is 0 Å². The minimum atomic E-state index is -1.29. The lowest BCUT2D eigenvalue weighted by molar-refractivity contribution is 0.0303. The van der Waals surface area contributed by atoms with E-state index in [-0.39, 0.29) is 0 Å². The highest BCUT2D eigenvalue weighted by Gasteiger charge is 2.53. The van der Waals surface area contributed by atoms with Crippen molar-refractivity contribution in [3.63, 3.8) is 0 Å². The van der Waals surface area contributed by atoms with E-state index in [1.807, 2.05) is 0 Å². The van der Waals surface area contributed by atoms with Gasteiger partial charge in [0.2, 0.25) is 0 Å². The summed E-state index contributed by atoms with van der Waals surface area (Å²) in [4.78, 5) is 0. The van der Waals surface area contributed by atoms with Crippen LogP contribution in [0.15, 0.2) is 0 Å². The van der Waals surface area contributed by atoms with Crippen molar-refractivity contribution in [3.05, 3.63) is 0 Å². The molecule has 1 saturated carbocycles. The zero-order valence-corrected chi connectivity index (χ0v) is 11.1. The van der Waals surface area contributed by atoms with Gasteiger partial charge >= 0.3 is 0 Å². The van der Waals surface area contributed by atoms with E-state index in [9.17, 15) is 0 Å². The van der Waals surface area contributed by atoms with E-state index in [1.165, 1.54) is 31.7 Å². The van der Waals surface area contributed by atoms with Crippen LogP contribution in [0.2, 0.25) is 19.1 Å². The maximum absolute atomic E-state index is 6.36. The summed E-state index contributed by atoms with van der Waals surface area (Å²) in [5.41, 5.74) is 0.586. The fourth-order valence-electron chi connectivity index (χ4n) is 3.61. The maximum Gasteiger partial charge on any atom is 0.187 e. The molecule has 1 saturated heterocycles. The zero-order chi connectivity index (χ0) is 10.4. The van der Waals surface area contributed by atoms with Crippen LogP contribution in [0.1, 0.15) is 39.5 Å². The van der Waals surface area contributed by atoms with E-state index >= 15 is 0 Å². The van der Waals surface area contributed by atoms with E-state index in [4.69, 9.17) is 4.43 Å². The van der Waals surface area contributed by atoms with Gasteiger partial charge in [0.15, 0.2) is 8.32 Å². The Morgan fingerprint density at radius 1 is 1.43 bits per heavy atom. The Morgan fingerprint density at radius 2 is 2.14 bits per heavy atom. The van der Waals surface area contributed by atoms with Crippen LogP contribution in [-0.2, 0) is 4.43 Å². The lowest BCUT2D eigenvalue weighted by Gasteiger charge is -2.40. The highest BCUT2D eigenvalue weighted by molar-refractivity contribution is 6.72. The van der Waals surface area contributed by atoms with Gasteiger partial charge in [-0.05, 0) is 49.7 Å². The molecule has 0 unspecified atom stereocenters. The molecule has 3 atom stereocenters. The second-order valence-corrected chi connectivity index (χ2v) is 10.2. The van der Waals surface area contributed by atoms with Gasteiger partial charge in [-0.2, -0.15) is 0 Å². The van der Waals surface area contributed by atoms with Gasteiger partial charge in [0, 0.05) is 0 Å². The highest BCUT2D eigenvalue weighted by Crippen LogP contribution is 2.54. The average Bonchev–Trinajstić information content (AvgIpc) is 2.35. The van der Waals surface area contributed by atoms with E-state index in [0.29, 0.717) is 11.5 Å². The first-order chi connectivity index (χ1) is 6.47. The maximum atomic E-state index is 6.36. The summed E-state index contributed by atoms with van der Waals surface area (Å²) in [6.45, 7) is 9.54. The van der Waals surface area contributed by atoms with Crippen molar-refractivity contribution < 1.29 is 4.43 Å². The Morgan fingerprint density at radius 3 is 2.79 bits per heavy atom. The molecule has 0 N–H and O–H groups in total. The predicted molar refractivity (Wildman–Crippen MR) is 62.9 cm³/mol. The average molecular weight is 212 g/mol. The van der Waals surface area contributed by atoms with Crippen molar-refractivity contribution in [1.82, 2.24) is 0 Å². The molecular formula is C12H24OSi. The number of hydrogen-bond acceptors (Lipinski definition) is 1. The van der Waals surface area contributed by atoms with E-state index in [2.05, 4.69) is 26.9 Å². The van der Waals surface area contributed by atoms with E-state index < -0.39 is 8.32 Å². The molecule has 1 aliphatic heterocycles. The van der Waals surface area contributed by atoms with Gasteiger partial charge in [-0.15, -0.1) is 0 Å². The summed E-state index contributed by atoms with van der Waals surface area (Å²) >= 11 is 0. The van der Waals surface area contributed by atoms with E-state index in [1.54, 1.807) is 0 Å². The fraction of sp³-hybridized carbons (Fsp3) is 1.00. The minimum Gasteiger partial charge on any atom is -0.414 e. The Balaban J connectivity index is 2.19. The second-order valence-electron chi connectivity index (χ2n) is 6.14. The lowest BCUT2D eigenvalue weighted by atomic mass is 9.68. The minimum absolute atomic E-state index is 0.586. The normalized spacial score (nSPS) is 46.3. The second kappa shape index (κ2) is 3.34. The molecule has 0 amide bonds. The summed E-state index contributed by atoms with van der Waals surface area (Å²) in [7, 11) is -1.29. The van der Waals surface area contributed by atoms with Crippen molar-refractivity contribution in [2.75, 3.05) is 0 Å². The third-order valence-corrected chi connectivity index (χ3v) is 6.86. The number of fused-ring (bicyclic) bond motifs is 1. The molecule has 0 aromatic carbocycles. The van der Waals surface area contributed by atoms with Crippen molar-refractivity contribution in [1.29, 1.82) is 0 Å². The summed E-state index contributed by atoms with van der Waals surface area (Å²) in [5.74, 6) is 0.891. The molecule has 2 rings (SSSR count). The Hall–Kier alpha value is 0.177. The first-order valence-corrected chi connectivity index (χ1v) is 9.27. The summed E-state index contributed by atoms with van der Waals surface area (Å²) in [5, 5.41) is 0. The van der Waals surface area contributed by atoms with Crippen molar-refractivity contribution in [2.45, 2.75) is 64.8 Å². The van der Waals surface area contributed by atoms with Gasteiger partial charge in [0.25, 0.3) is 0 Å². The Labute approximate surface area is 89.4 Å². The molecule has 2 aliphatic rings. The smallest absolute Gasteiger partial charge is 0.187 e. The molecule has 14 heavy (non-hydrogen) atoms. The highest BCUT2D eigenvalue weighted by atomic mass is 28.4. The summed E-state index contributed by atoms with van der Waals surface area (Å²) < 4.78 is 6.36. The molecule has 0 bridgehead atoms. The SMILES string of the molecule is CC[C@@]12CC[C@@H](C)C[C@@H]1O[Si](C)(C)C2. The van der Waals surface area contributed by atoms with Crippen LogP contribution in [0.3, 0.4) is 0 Å². The van der Waals surface area contributed by atoms with Gasteiger partial charge in [-0.1, -0.05) is 20.3 Å². The molecule has 2 fully saturated rings. The summed E-state index contributed by atoms with van der Waals surface area (Å²) in [6, 6.07) is 1.41. The Bertz CT molecular complexity index is 226. The molecule has 82 valence electrons. The molecule has 0 spiro atoms. The summed E-state index contributed by atoms with van der Waals surface area (Å²) in [6.07, 6.45) is 6.12. The quantitative estimate of drug-likeness (QED) is 0.601. The number of hydrogen-bond donors (Lipinski definition) is 0. The molecule has 1 nitrogen and oxygen atoms in total. The van der Waals surface area contributed by atoms with E-state index in [0.717, 1.165) is 5.92 Å². The molecule has 0 aromatic rings. The molecular weight excluding hydrogens is 188 g/mol. The van der Waals surface area contributed by atoms with Crippen LogP contribution in [-0.4, -0.2) is 14.4 Å². The van der Waals surface area contributed by atoms with Crippen LogP contribution in [0, 0.1) is 11.3 Å². The van der Waals surface area contributed by atoms with Crippen molar-refractivity contribution >= 4 is 8.32 Å². The molecule has 1 heterocycles. The third-order valence-electron chi connectivity index (χ3n) is 4.38. The number of rotatable bonds is 1. The van der Waals surface area contributed by atoms with Crippen LogP contribution in [0.4, 0.5) is 0 Å². The standard InChI is InChI=1S/C12H24OSi/c1-5-12-7-6-10(2)8-11(12)13-14(3,4)9-12/h10-11H,5-9H2,1-4H3/t10-,11+,12+/m1/s1. The topological polar surface area (TPSA) is 9.23 Å². The fourth-order valence-corrected chi connectivity index (χ4v) is 7.16. The largest absolute Gasteiger partial charge is 0.414 e. The van der Waals surface area contributed by atoms with Crippen molar-refractivity contribution in [2.24, 2.45) is 11.3 Å². The third kappa shape index (κ3) is 1.67. The monoisotopic (exact) mass is 212 g/mol. The molecule has 0 radical (unpaired) electrons. The van der Waals surface area contributed by atoms with Gasteiger partial charge in [0.05, 0.1) is 6.10 Å². The predicted octanol–water partition coefficient (Wildman–Crippen LogP) is 3.81. The van der Waals surface area contributed by atoms with Crippen LogP contribution < -0.4 is 0 Å². The van der Waals surface area contributed by atoms with Crippen LogP contribution in [0.5, 0.6) is 0 Å². The van der Waals surface area contributed by atoms with Gasteiger partial charge in [-0.3, -0.25) is 0 Å². The van der Waals surface area contributed by atoms with Crippen LogP contribution >= 0.6 is 0 Å². The molecule has 1 aliphatic carbocycles. The first kappa shape index (κ1) is 10.7. The van der Waals surface area contributed by atoms with Crippen molar-refractivity contribution in [3.8, 4) is 0 Å². The Kier molecular flexibility index (Phi) is 2.55. The molecule has 2 heteroatoms. The van der Waals surface area contributed by atoms with Gasteiger partial charge < -0.3 is 4.43 Å². The first-order valence-electron chi connectivity index (χ1n) is 6.15. The van der Waals surface area contributed by atoms with Crippen LogP contribution in [0.25, 0.3) is 0 Å². The zero-order valence-electron chi connectivity index (χ0n) is 10.1. The van der Waals surface area contributed by atoms with Gasteiger partial charge in [-0.25, -0.2) is 0 Å².